The molecule has 0 unspecified atom stereocenters. The Morgan fingerprint density at radius 3 is 2.67 bits per heavy atom. The van der Waals surface area contributed by atoms with Crippen molar-refractivity contribution in [3.05, 3.63) is 61.6 Å². The van der Waals surface area contributed by atoms with Crippen molar-refractivity contribution < 1.29 is 9.15 Å². The highest BCUT2D eigenvalue weighted by Gasteiger charge is 2.09. The number of rotatable bonds is 3. The average Bonchev–Trinajstić information content (AvgIpc) is 2.88. The van der Waals surface area contributed by atoms with Crippen LogP contribution in [0.2, 0.25) is 0 Å². The molecule has 0 saturated carbocycles. The average molecular weight is 300 g/mol. The van der Waals surface area contributed by atoms with E-state index in [1.54, 1.807) is 24.3 Å². The van der Waals surface area contributed by atoms with Gasteiger partial charge in [-0.25, -0.2) is 4.79 Å². The van der Waals surface area contributed by atoms with Crippen molar-refractivity contribution in [1.82, 2.24) is 0 Å². The summed E-state index contributed by atoms with van der Waals surface area (Å²) in [6, 6.07) is 7.72. The van der Waals surface area contributed by atoms with E-state index in [9.17, 15) is 4.79 Å². The Balaban J connectivity index is 1.93. The number of benzene rings is 1. The monoisotopic (exact) mass is 300 g/mol. The van der Waals surface area contributed by atoms with Gasteiger partial charge < -0.3 is 9.15 Å². The summed E-state index contributed by atoms with van der Waals surface area (Å²) in [7, 11) is 0. The number of hydrogen-bond donors (Lipinski definition) is 0. The molecule has 21 heavy (non-hydrogen) atoms. The van der Waals surface area contributed by atoms with Crippen LogP contribution in [0.3, 0.4) is 0 Å². The normalized spacial score (nSPS) is 11.0. The number of hydrogen-bond acceptors (Lipinski definition) is 4. The molecule has 0 saturated heterocycles. The zero-order valence-electron chi connectivity index (χ0n) is 12.2. The third kappa shape index (κ3) is 2.59. The minimum atomic E-state index is -0.286. The van der Waals surface area contributed by atoms with Gasteiger partial charge in [0.15, 0.2) is 0 Å². The first-order valence-electron chi connectivity index (χ1n) is 6.76. The summed E-state index contributed by atoms with van der Waals surface area (Å²) in [5, 5.41) is 3.01. The Labute approximate surface area is 126 Å². The maximum absolute atomic E-state index is 11.7. The molecule has 0 aliphatic carbocycles. The number of aryl methyl sites for hydroxylation is 2. The van der Waals surface area contributed by atoms with Gasteiger partial charge in [-0.15, -0.1) is 11.3 Å². The minimum absolute atomic E-state index is 0.286. The fraction of sp³-hybridized carbons (Fsp3) is 0.235. The van der Waals surface area contributed by atoms with E-state index in [2.05, 4.69) is 18.4 Å². The molecule has 1 aromatic carbocycles. The first-order valence-corrected chi connectivity index (χ1v) is 7.64. The quantitative estimate of drug-likeness (QED) is 0.675. The lowest BCUT2D eigenvalue weighted by atomic mass is 10.1. The molecule has 0 fully saturated rings. The smallest absolute Gasteiger partial charge is 0.339 e. The van der Waals surface area contributed by atoms with E-state index in [4.69, 9.17) is 9.15 Å². The first kappa shape index (κ1) is 13.9. The van der Waals surface area contributed by atoms with Gasteiger partial charge in [0.25, 0.3) is 0 Å². The molecule has 0 aliphatic rings. The lowest BCUT2D eigenvalue weighted by Crippen LogP contribution is -2.05. The van der Waals surface area contributed by atoms with Gasteiger partial charge in [0.2, 0.25) is 0 Å². The Bertz CT molecular complexity index is 858. The van der Waals surface area contributed by atoms with Crippen molar-refractivity contribution in [2.75, 3.05) is 0 Å². The second-order valence-electron chi connectivity index (χ2n) is 5.11. The Kier molecular flexibility index (Phi) is 3.55. The predicted octanol–water partition coefficient (Wildman–Crippen LogP) is 4.36. The zero-order chi connectivity index (χ0) is 15.0. The van der Waals surface area contributed by atoms with Crippen molar-refractivity contribution >= 4 is 22.3 Å². The van der Waals surface area contributed by atoms with Crippen LogP contribution in [0.4, 0.5) is 0 Å². The van der Waals surface area contributed by atoms with Crippen LogP contribution in [-0.4, -0.2) is 0 Å². The van der Waals surface area contributed by atoms with Crippen LogP contribution in [0.1, 0.15) is 21.6 Å². The van der Waals surface area contributed by atoms with Gasteiger partial charge in [-0.2, -0.15) is 0 Å². The van der Waals surface area contributed by atoms with E-state index in [0.29, 0.717) is 23.5 Å². The topological polar surface area (TPSA) is 39.4 Å². The van der Waals surface area contributed by atoms with E-state index in [1.165, 1.54) is 10.4 Å². The van der Waals surface area contributed by atoms with Crippen LogP contribution in [0.25, 0.3) is 11.0 Å². The molecule has 4 heteroatoms. The van der Waals surface area contributed by atoms with E-state index >= 15 is 0 Å². The van der Waals surface area contributed by atoms with Gasteiger partial charge in [0, 0.05) is 21.9 Å². The van der Waals surface area contributed by atoms with E-state index in [0.717, 1.165) is 10.9 Å². The maximum atomic E-state index is 11.7. The third-order valence-electron chi connectivity index (χ3n) is 3.77. The molecule has 0 spiro atoms. The minimum Gasteiger partial charge on any atom is -0.488 e. The number of thiophene rings is 1. The van der Waals surface area contributed by atoms with Crippen molar-refractivity contribution in [2.24, 2.45) is 0 Å². The molecule has 0 aliphatic heterocycles. The van der Waals surface area contributed by atoms with Gasteiger partial charge in [0.1, 0.15) is 17.9 Å². The number of ether oxygens (including phenoxy) is 1. The molecule has 2 heterocycles. The highest BCUT2D eigenvalue weighted by Crippen LogP contribution is 2.25. The first-order chi connectivity index (χ1) is 10.1. The molecular formula is C17H16O3S. The summed E-state index contributed by atoms with van der Waals surface area (Å²) >= 11 is 1.68. The summed E-state index contributed by atoms with van der Waals surface area (Å²) in [6.45, 7) is 6.32. The molecule has 0 bridgehead atoms. The van der Waals surface area contributed by atoms with Crippen LogP contribution in [0.5, 0.6) is 5.75 Å². The van der Waals surface area contributed by atoms with Crippen molar-refractivity contribution in [3.8, 4) is 5.75 Å². The van der Waals surface area contributed by atoms with Crippen LogP contribution in [0, 0.1) is 20.8 Å². The molecule has 3 rings (SSSR count). The van der Waals surface area contributed by atoms with Crippen LogP contribution >= 0.6 is 11.3 Å². The molecule has 3 aromatic rings. The summed E-state index contributed by atoms with van der Waals surface area (Å²) in [6.07, 6.45) is 0. The van der Waals surface area contributed by atoms with Crippen molar-refractivity contribution in [1.29, 1.82) is 0 Å². The molecule has 0 amide bonds. The summed E-state index contributed by atoms with van der Waals surface area (Å²) in [5.74, 6) is 0.710. The van der Waals surface area contributed by atoms with Crippen LogP contribution < -0.4 is 10.4 Å². The van der Waals surface area contributed by atoms with Gasteiger partial charge >= 0.3 is 5.63 Å². The van der Waals surface area contributed by atoms with Gasteiger partial charge in [-0.3, -0.25) is 0 Å². The molecule has 2 aromatic heterocycles. The van der Waals surface area contributed by atoms with Crippen molar-refractivity contribution in [3.63, 3.8) is 0 Å². The highest BCUT2D eigenvalue weighted by atomic mass is 32.1. The van der Waals surface area contributed by atoms with E-state index in [-0.39, 0.29) is 5.63 Å². The van der Waals surface area contributed by atoms with Gasteiger partial charge in [-0.1, -0.05) is 0 Å². The second-order valence-corrected chi connectivity index (χ2v) is 6.11. The fourth-order valence-electron chi connectivity index (χ4n) is 2.22. The molecule has 108 valence electrons. The SMILES string of the molecule is Cc1ccsc1COc1ccc2c(C)c(C)c(=O)oc2c1. The summed E-state index contributed by atoms with van der Waals surface area (Å²) in [4.78, 5) is 13.0. The second kappa shape index (κ2) is 5.37. The molecule has 0 radical (unpaired) electrons. The lowest BCUT2D eigenvalue weighted by molar-refractivity contribution is 0.309. The maximum Gasteiger partial charge on any atom is 0.339 e. The van der Waals surface area contributed by atoms with Gasteiger partial charge in [-0.05, 0) is 55.5 Å². The molecule has 3 nitrogen and oxygen atoms in total. The van der Waals surface area contributed by atoms with E-state index in [1.807, 2.05) is 19.1 Å². The lowest BCUT2D eigenvalue weighted by Gasteiger charge is -2.08. The van der Waals surface area contributed by atoms with Crippen molar-refractivity contribution in [2.45, 2.75) is 27.4 Å². The highest BCUT2D eigenvalue weighted by molar-refractivity contribution is 7.10. The van der Waals surface area contributed by atoms with Crippen LogP contribution in [0.15, 0.2) is 38.9 Å². The number of fused-ring (bicyclic) bond motifs is 1. The Morgan fingerprint density at radius 1 is 1.14 bits per heavy atom. The fourth-order valence-corrected chi connectivity index (χ4v) is 3.04. The molecule has 0 N–H and O–H groups in total. The standard InChI is InChI=1S/C17H16O3S/c1-10-6-7-21-16(10)9-19-13-4-5-14-11(2)12(3)17(18)20-15(14)8-13/h4-8H,9H2,1-3H3. The van der Waals surface area contributed by atoms with Crippen LogP contribution in [-0.2, 0) is 6.61 Å². The Hall–Kier alpha value is -2.07. The third-order valence-corrected chi connectivity index (χ3v) is 4.76. The molecule has 0 atom stereocenters. The largest absolute Gasteiger partial charge is 0.488 e. The predicted molar refractivity (Wildman–Crippen MR) is 85.3 cm³/mol. The summed E-state index contributed by atoms with van der Waals surface area (Å²) < 4.78 is 11.1. The van der Waals surface area contributed by atoms with Gasteiger partial charge in [0.05, 0.1) is 0 Å². The summed E-state index contributed by atoms with van der Waals surface area (Å²) in [5.41, 5.74) is 3.14. The molecular weight excluding hydrogens is 284 g/mol. The zero-order valence-corrected chi connectivity index (χ0v) is 13.0. The Morgan fingerprint density at radius 2 is 1.95 bits per heavy atom. The van der Waals surface area contributed by atoms with E-state index < -0.39 is 0 Å².